The van der Waals surface area contributed by atoms with Crippen LogP contribution in [-0.2, 0) is 0 Å². The Balaban J connectivity index is 3.46. The van der Waals surface area contributed by atoms with Gasteiger partial charge in [-0.2, -0.15) is 12.9 Å². The van der Waals surface area contributed by atoms with Crippen LogP contribution in [0.5, 0.6) is 0 Å². The van der Waals surface area contributed by atoms with E-state index in [1.54, 1.807) is 0 Å². The molecule has 1 aliphatic heterocycles. The lowest BCUT2D eigenvalue weighted by atomic mass is 13.8. The maximum Gasteiger partial charge on any atom is 0.422 e. The summed E-state index contributed by atoms with van der Waals surface area (Å²) in [6.07, 6.45) is -8.37. The highest BCUT2D eigenvalue weighted by atomic mass is 79.9. The van der Waals surface area contributed by atoms with Crippen LogP contribution in [0.2, 0.25) is 0 Å². The Morgan fingerprint density at radius 2 is 1.17 bits per heavy atom. The van der Waals surface area contributed by atoms with Gasteiger partial charge in [0.1, 0.15) is 0 Å². The van der Waals surface area contributed by atoms with Gasteiger partial charge in [-0.3, -0.25) is 0 Å². The standard InChI is InChI=1S/Br2F4N3P3/c1-10(3)7-11(2,4)9-12(5,6)8-10. The third-order valence-electron chi connectivity index (χ3n) is 0.646. The molecule has 0 amide bonds. The maximum atomic E-state index is 12.8. The van der Waals surface area contributed by atoms with Gasteiger partial charge in [-0.05, 0) is 0 Å². The van der Waals surface area contributed by atoms with Crippen molar-refractivity contribution < 1.29 is 16.8 Å². The second-order valence-electron chi connectivity index (χ2n) is 1.64. The lowest BCUT2D eigenvalue weighted by Crippen LogP contribution is -1.64. The highest BCUT2D eigenvalue weighted by Gasteiger charge is 2.35. The van der Waals surface area contributed by atoms with Crippen LogP contribution in [0.1, 0.15) is 0 Å². The predicted octanol–water partition coefficient (Wildman–Crippen LogP) is 6.51. The van der Waals surface area contributed by atoms with Gasteiger partial charge in [-0.15, -0.1) is 17.4 Å². The molecule has 0 fully saturated rings. The molecule has 0 bridgehead atoms. The second kappa shape index (κ2) is 3.20. The van der Waals surface area contributed by atoms with Gasteiger partial charge < -0.3 is 0 Å². The Morgan fingerprint density at radius 1 is 0.750 bits per heavy atom. The maximum absolute atomic E-state index is 12.8. The molecule has 0 aromatic heterocycles. The summed E-state index contributed by atoms with van der Waals surface area (Å²) < 4.78 is 58.1. The fourth-order valence-corrected chi connectivity index (χ4v) is 13.1. The summed E-state index contributed by atoms with van der Waals surface area (Å²) in [7, 11) is -5.17. The predicted molar refractivity (Wildman–Crippen MR) is 50.3 cm³/mol. The van der Waals surface area contributed by atoms with Gasteiger partial charge in [0.05, 0.1) is 0 Å². The second-order valence-corrected chi connectivity index (χ2v) is 11.9. The van der Waals surface area contributed by atoms with Crippen LogP contribution in [0.3, 0.4) is 0 Å². The van der Waals surface area contributed by atoms with Crippen LogP contribution < -0.4 is 0 Å². The quantitative estimate of drug-likeness (QED) is 0.344. The van der Waals surface area contributed by atoms with Gasteiger partial charge in [0.15, 0.2) is 0 Å². The van der Waals surface area contributed by atoms with Crippen LogP contribution in [0.25, 0.3) is 0 Å². The first-order valence-electron chi connectivity index (χ1n) is 2.21. The van der Waals surface area contributed by atoms with E-state index in [1.807, 2.05) is 0 Å². The molecule has 2 atom stereocenters. The molecule has 0 saturated heterocycles. The van der Waals surface area contributed by atoms with E-state index in [9.17, 15) is 16.8 Å². The fraction of sp³-hybridized carbons (Fsp3) is 0. The molecule has 12 heavy (non-hydrogen) atoms. The van der Waals surface area contributed by atoms with Crippen molar-refractivity contribution in [3.8, 4) is 0 Å². The summed E-state index contributed by atoms with van der Waals surface area (Å²) in [5, 5.41) is 0. The first kappa shape index (κ1) is 11.4. The van der Waals surface area contributed by atoms with Gasteiger partial charge in [-0.25, -0.2) is 0 Å². The van der Waals surface area contributed by atoms with E-state index in [0.717, 1.165) is 0 Å². The normalized spacial score (nSPS) is 45.5. The van der Waals surface area contributed by atoms with E-state index in [1.165, 1.54) is 0 Å². The summed E-state index contributed by atoms with van der Waals surface area (Å²) in [6.45, 7) is 0. The van der Waals surface area contributed by atoms with Crippen LogP contribution in [0.4, 0.5) is 16.8 Å². The van der Waals surface area contributed by atoms with E-state index < -0.39 is 20.3 Å². The van der Waals surface area contributed by atoms with Gasteiger partial charge in [0.2, 0.25) is 0 Å². The van der Waals surface area contributed by atoms with Crippen molar-refractivity contribution in [3.05, 3.63) is 0 Å². The molecular weight excluding hydrogens is 371 g/mol. The van der Waals surface area contributed by atoms with E-state index in [-0.39, 0.29) is 0 Å². The third kappa shape index (κ3) is 3.26. The van der Waals surface area contributed by atoms with Crippen molar-refractivity contribution in [2.45, 2.75) is 0 Å². The molecule has 0 radical (unpaired) electrons. The topological polar surface area (TPSA) is 37.1 Å². The molecule has 72 valence electrons. The van der Waals surface area contributed by atoms with Crippen LogP contribution in [-0.4, -0.2) is 0 Å². The molecule has 0 N–H and O–H groups in total. The zero-order chi connectivity index (χ0) is 9.62. The van der Waals surface area contributed by atoms with Gasteiger partial charge >= 0.3 is 20.3 Å². The number of nitrogens with zero attached hydrogens (tertiary/aromatic N) is 3. The third-order valence-corrected chi connectivity index (χ3v) is 10.9. The van der Waals surface area contributed by atoms with Gasteiger partial charge in [-0.1, -0.05) is 0 Å². The van der Waals surface area contributed by atoms with Crippen molar-refractivity contribution in [1.29, 1.82) is 0 Å². The summed E-state index contributed by atoms with van der Waals surface area (Å²) in [5.74, 6) is 0. The van der Waals surface area contributed by atoms with Crippen LogP contribution >= 0.6 is 51.2 Å². The van der Waals surface area contributed by atoms with E-state index in [2.05, 4.69) is 44.5 Å². The Bertz CT molecular complexity index is 280. The number of hydrogen-bond acceptors (Lipinski definition) is 3. The van der Waals surface area contributed by atoms with Crippen molar-refractivity contribution in [1.82, 2.24) is 0 Å². The van der Waals surface area contributed by atoms with Crippen molar-refractivity contribution in [2.24, 2.45) is 13.5 Å². The largest absolute Gasteiger partial charge is 0.422 e. The highest BCUT2D eigenvalue weighted by molar-refractivity contribution is 9.42. The lowest BCUT2D eigenvalue weighted by Gasteiger charge is -2.12. The molecule has 1 rings (SSSR count). The summed E-state index contributed by atoms with van der Waals surface area (Å²) in [6, 6.07) is 0. The lowest BCUT2D eigenvalue weighted by molar-refractivity contribution is 0.723. The Kier molecular flexibility index (Phi) is 3.05. The first-order chi connectivity index (χ1) is 5.12. The smallest absolute Gasteiger partial charge is 0.170 e. The highest BCUT2D eigenvalue weighted by Crippen LogP contribution is 2.85. The molecular formula is Br2F4N3P3. The van der Waals surface area contributed by atoms with Gasteiger partial charge in [0, 0.05) is 31.0 Å². The van der Waals surface area contributed by atoms with Crippen LogP contribution in [0.15, 0.2) is 13.5 Å². The summed E-state index contributed by atoms with van der Waals surface area (Å²) in [4.78, 5) is 0. The molecule has 1 aliphatic rings. The summed E-state index contributed by atoms with van der Waals surface area (Å²) >= 11 is 4.40. The zero-order valence-corrected chi connectivity index (χ0v) is 10.8. The minimum Gasteiger partial charge on any atom is -0.170 e. The van der Waals surface area contributed by atoms with E-state index >= 15 is 0 Å². The molecule has 0 saturated carbocycles. The molecule has 0 spiro atoms. The Hall–Kier alpha value is 1.37. The molecule has 0 aliphatic carbocycles. The molecule has 3 nitrogen and oxygen atoms in total. The minimum absolute atomic E-state index is 2.20. The van der Waals surface area contributed by atoms with E-state index in [0.29, 0.717) is 0 Å². The molecule has 1 heterocycles. The van der Waals surface area contributed by atoms with E-state index in [4.69, 9.17) is 0 Å². The van der Waals surface area contributed by atoms with Crippen molar-refractivity contribution in [3.63, 3.8) is 0 Å². The van der Waals surface area contributed by atoms with Gasteiger partial charge in [0.25, 0.3) is 0 Å². The Labute approximate surface area is 81.6 Å². The average Bonchev–Trinajstić information content (AvgIpc) is 1.44. The van der Waals surface area contributed by atoms with Crippen molar-refractivity contribution in [2.75, 3.05) is 0 Å². The summed E-state index contributed by atoms with van der Waals surface area (Å²) in [5.41, 5.74) is 0. The number of hydrogen-bond donors (Lipinski definition) is 0. The number of halogens is 6. The fourth-order valence-electron chi connectivity index (χ4n) is 0.442. The monoisotopic (exact) mass is 369 g/mol. The average molecular weight is 371 g/mol. The zero-order valence-electron chi connectivity index (χ0n) is 4.95. The number of rotatable bonds is 0. The first-order valence-corrected chi connectivity index (χ1v) is 10.9. The molecule has 0 aromatic carbocycles. The van der Waals surface area contributed by atoms with Crippen LogP contribution in [0, 0.1) is 0 Å². The van der Waals surface area contributed by atoms with Crippen molar-refractivity contribution >= 4 is 51.2 Å². The SMILES string of the molecule is FP1(F)=NP(F)(Br)=NP(F)(Br)=N1. The molecule has 12 heteroatoms. The molecule has 0 aromatic rings. The minimum atomic E-state index is -5.17. The molecule has 2 unspecified atom stereocenters. The Morgan fingerprint density at radius 3 is 1.50 bits per heavy atom.